The molecule has 0 spiro atoms. The van der Waals surface area contributed by atoms with Gasteiger partial charge < -0.3 is 10.2 Å². The Labute approximate surface area is 59.8 Å². The van der Waals surface area contributed by atoms with Crippen molar-refractivity contribution in [1.29, 1.82) is 0 Å². The van der Waals surface area contributed by atoms with E-state index in [9.17, 15) is 4.79 Å². The van der Waals surface area contributed by atoms with Crippen LogP contribution in [0.1, 0.15) is 13.3 Å². The van der Waals surface area contributed by atoms with Crippen LogP contribution in [-0.4, -0.2) is 29.3 Å². The second-order valence-corrected chi connectivity index (χ2v) is 1.43. The molecule has 0 aromatic heterocycles. The summed E-state index contributed by atoms with van der Waals surface area (Å²) in [7, 11) is 0. The molecule has 5 N–H and O–H groups in total. The highest BCUT2D eigenvalue weighted by molar-refractivity contribution is 5.66. The van der Waals surface area contributed by atoms with E-state index in [1.54, 1.807) is 6.92 Å². The van der Waals surface area contributed by atoms with E-state index in [4.69, 9.17) is 16.1 Å². The van der Waals surface area contributed by atoms with Crippen molar-refractivity contribution in [2.45, 2.75) is 13.3 Å². The summed E-state index contributed by atoms with van der Waals surface area (Å²) < 4.78 is 0. The smallest absolute Gasteiger partial charge is 0.303 e. The molecule has 0 aliphatic heterocycles. The summed E-state index contributed by atoms with van der Waals surface area (Å²) in [6.07, 6.45) is 0.222. The lowest BCUT2D eigenvalue weighted by atomic mass is 10.5. The van der Waals surface area contributed by atoms with E-state index in [0.29, 0.717) is 6.54 Å². The number of aliphatic hydroxyl groups is 1. The van der Waals surface area contributed by atoms with Crippen LogP contribution >= 0.6 is 0 Å². The maximum atomic E-state index is 9.37. The van der Waals surface area contributed by atoms with Crippen LogP contribution in [0.2, 0.25) is 0 Å². The van der Waals surface area contributed by atoms with Crippen LogP contribution in [0.3, 0.4) is 0 Å². The van der Waals surface area contributed by atoms with Gasteiger partial charge in [0, 0.05) is 13.0 Å². The van der Waals surface area contributed by atoms with Gasteiger partial charge in [-0.2, -0.15) is 0 Å². The fourth-order valence-electron chi connectivity index (χ4n) is 0.0645. The number of carboxylic acid groups (broad SMARTS) is 1. The predicted molar refractivity (Wildman–Crippen MR) is 37.2 cm³/mol. The fraction of sp³-hybridized carbons (Fsp3) is 0.800. The zero-order chi connectivity index (χ0) is 8.41. The standard InChI is InChI=1S/C3H6O2.C2H8N2O/c1-2-3(4)5;3-4-1-2-5/h2H2,1H3,(H,4,5);4-5H,1-3H2. The average molecular weight is 150 g/mol. The minimum atomic E-state index is -0.745. The van der Waals surface area contributed by atoms with Crippen LogP contribution in [0.5, 0.6) is 0 Å². The number of carboxylic acids is 1. The molecule has 62 valence electrons. The second-order valence-electron chi connectivity index (χ2n) is 1.43. The molecule has 0 aliphatic carbocycles. The Morgan fingerprint density at radius 2 is 2.10 bits per heavy atom. The number of hydrogen-bond donors (Lipinski definition) is 4. The van der Waals surface area contributed by atoms with Gasteiger partial charge in [-0.15, -0.1) is 0 Å². The van der Waals surface area contributed by atoms with Crippen LogP contribution in [0.4, 0.5) is 0 Å². The topological polar surface area (TPSA) is 95.6 Å². The third-order valence-electron chi connectivity index (χ3n) is 0.559. The minimum Gasteiger partial charge on any atom is -0.481 e. The normalized spacial score (nSPS) is 7.90. The summed E-state index contributed by atoms with van der Waals surface area (Å²) in [5, 5.41) is 15.6. The lowest BCUT2D eigenvalue weighted by Crippen LogP contribution is -2.24. The lowest BCUT2D eigenvalue weighted by Gasteiger charge is -1.84. The van der Waals surface area contributed by atoms with E-state index in [1.165, 1.54) is 0 Å². The molecule has 0 atom stereocenters. The van der Waals surface area contributed by atoms with Gasteiger partial charge in [-0.05, 0) is 0 Å². The van der Waals surface area contributed by atoms with E-state index >= 15 is 0 Å². The van der Waals surface area contributed by atoms with Gasteiger partial charge in [0.15, 0.2) is 0 Å². The second kappa shape index (κ2) is 11.2. The summed E-state index contributed by atoms with van der Waals surface area (Å²) in [6, 6.07) is 0. The van der Waals surface area contributed by atoms with Crippen molar-refractivity contribution >= 4 is 5.97 Å². The van der Waals surface area contributed by atoms with E-state index < -0.39 is 5.97 Å². The number of aliphatic carboxylic acids is 1. The molecule has 0 bridgehead atoms. The molecule has 0 aliphatic rings. The maximum Gasteiger partial charge on any atom is 0.303 e. The van der Waals surface area contributed by atoms with Crippen molar-refractivity contribution in [1.82, 2.24) is 5.43 Å². The van der Waals surface area contributed by atoms with Gasteiger partial charge in [0.25, 0.3) is 0 Å². The molecule has 0 saturated heterocycles. The molecule has 0 fully saturated rings. The number of hydrogen-bond acceptors (Lipinski definition) is 4. The van der Waals surface area contributed by atoms with Gasteiger partial charge in [0.05, 0.1) is 6.61 Å². The predicted octanol–water partition coefficient (Wildman–Crippen LogP) is -1.08. The number of nitrogens with one attached hydrogen (secondary N) is 1. The van der Waals surface area contributed by atoms with Crippen molar-refractivity contribution in [3.05, 3.63) is 0 Å². The van der Waals surface area contributed by atoms with Crippen molar-refractivity contribution in [3.63, 3.8) is 0 Å². The molecular formula is C5H14N2O3. The molecule has 10 heavy (non-hydrogen) atoms. The molecule has 5 heteroatoms. The third-order valence-corrected chi connectivity index (χ3v) is 0.559. The van der Waals surface area contributed by atoms with Crippen LogP contribution in [0, 0.1) is 0 Å². The number of nitrogens with two attached hydrogens (primary N) is 1. The monoisotopic (exact) mass is 150 g/mol. The quantitative estimate of drug-likeness (QED) is 0.303. The molecule has 0 radical (unpaired) electrons. The van der Waals surface area contributed by atoms with Crippen LogP contribution in [-0.2, 0) is 4.79 Å². The lowest BCUT2D eigenvalue weighted by molar-refractivity contribution is -0.136. The summed E-state index contributed by atoms with van der Waals surface area (Å²) in [5.41, 5.74) is 2.27. The number of aliphatic hydroxyl groups excluding tert-OH is 1. The maximum absolute atomic E-state index is 9.37. The van der Waals surface area contributed by atoms with Gasteiger partial charge in [-0.3, -0.25) is 16.1 Å². The number of hydrazine groups is 1. The van der Waals surface area contributed by atoms with Crippen molar-refractivity contribution in [3.8, 4) is 0 Å². The molecule has 0 aromatic carbocycles. The van der Waals surface area contributed by atoms with Crippen molar-refractivity contribution < 1.29 is 15.0 Å². The van der Waals surface area contributed by atoms with Crippen LogP contribution in [0.25, 0.3) is 0 Å². The van der Waals surface area contributed by atoms with Gasteiger partial charge in [0.1, 0.15) is 0 Å². The first-order chi connectivity index (χ1) is 4.68. The first kappa shape index (κ1) is 12.1. The third kappa shape index (κ3) is 26.4. The van der Waals surface area contributed by atoms with E-state index in [-0.39, 0.29) is 13.0 Å². The molecule has 0 aromatic rings. The molecule has 5 nitrogen and oxygen atoms in total. The Morgan fingerprint density at radius 1 is 1.70 bits per heavy atom. The average Bonchev–Trinajstić information content (AvgIpc) is 1.91. The molecular weight excluding hydrogens is 136 g/mol. The Hall–Kier alpha value is -0.650. The molecule has 0 heterocycles. The highest BCUT2D eigenvalue weighted by Gasteiger charge is 1.80. The first-order valence-corrected chi connectivity index (χ1v) is 2.95. The van der Waals surface area contributed by atoms with Gasteiger partial charge in [0.2, 0.25) is 0 Å². The van der Waals surface area contributed by atoms with Crippen molar-refractivity contribution in [2.75, 3.05) is 13.2 Å². The minimum absolute atomic E-state index is 0.108. The van der Waals surface area contributed by atoms with E-state index in [2.05, 4.69) is 5.43 Å². The van der Waals surface area contributed by atoms with Crippen molar-refractivity contribution in [2.24, 2.45) is 5.84 Å². The largest absolute Gasteiger partial charge is 0.481 e. The number of rotatable bonds is 3. The number of carbonyl (C=O) groups is 1. The Bertz CT molecular complexity index is 75.3. The van der Waals surface area contributed by atoms with Crippen LogP contribution < -0.4 is 11.3 Å². The van der Waals surface area contributed by atoms with Gasteiger partial charge >= 0.3 is 5.97 Å². The van der Waals surface area contributed by atoms with E-state index in [0.717, 1.165) is 0 Å². The SMILES string of the molecule is CCC(=O)O.NNCCO. The highest BCUT2D eigenvalue weighted by atomic mass is 16.4. The van der Waals surface area contributed by atoms with E-state index in [1.807, 2.05) is 0 Å². The van der Waals surface area contributed by atoms with Gasteiger partial charge in [-0.25, -0.2) is 0 Å². The summed E-state index contributed by atoms with van der Waals surface area (Å²) in [6.45, 7) is 2.18. The van der Waals surface area contributed by atoms with Gasteiger partial charge in [-0.1, -0.05) is 6.92 Å². The Kier molecular flexibility index (Phi) is 13.5. The highest BCUT2D eigenvalue weighted by Crippen LogP contribution is 1.67. The molecule has 0 unspecified atom stereocenters. The first-order valence-electron chi connectivity index (χ1n) is 2.95. The molecule has 0 amide bonds. The Morgan fingerprint density at radius 3 is 2.10 bits per heavy atom. The molecule has 0 saturated carbocycles. The summed E-state index contributed by atoms with van der Waals surface area (Å²) >= 11 is 0. The zero-order valence-electron chi connectivity index (χ0n) is 6.00. The Balaban J connectivity index is 0. The zero-order valence-corrected chi connectivity index (χ0v) is 6.00. The molecule has 0 rings (SSSR count). The summed E-state index contributed by atoms with van der Waals surface area (Å²) in [5.74, 6) is 3.98. The summed E-state index contributed by atoms with van der Waals surface area (Å²) in [4.78, 5) is 9.37. The fourth-order valence-corrected chi connectivity index (χ4v) is 0.0645. The van der Waals surface area contributed by atoms with Crippen LogP contribution in [0.15, 0.2) is 0 Å².